The molecule has 3 nitrogen and oxygen atoms in total. The Balaban J connectivity index is 2.15. The summed E-state index contributed by atoms with van der Waals surface area (Å²) in [6, 6.07) is 1.91. The second kappa shape index (κ2) is 5.02. The van der Waals surface area contributed by atoms with Gasteiger partial charge < -0.3 is 9.47 Å². The van der Waals surface area contributed by atoms with Gasteiger partial charge in [0.1, 0.15) is 13.2 Å². The van der Waals surface area contributed by atoms with Crippen molar-refractivity contribution >= 4 is 33.5 Å². The molecule has 2 heterocycles. The minimum absolute atomic E-state index is 0.0106. The lowest BCUT2D eigenvalue weighted by Gasteiger charge is -2.30. The van der Waals surface area contributed by atoms with E-state index in [0.717, 1.165) is 21.4 Å². The third-order valence-electron chi connectivity index (χ3n) is 3.40. The number of fused-ring (bicyclic) bond motifs is 3. The van der Waals surface area contributed by atoms with Crippen LogP contribution >= 0.6 is 27.7 Å². The van der Waals surface area contributed by atoms with E-state index in [1.165, 1.54) is 0 Å². The van der Waals surface area contributed by atoms with Crippen molar-refractivity contribution in [3.63, 3.8) is 0 Å². The molecule has 0 amide bonds. The van der Waals surface area contributed by atoms with E-state index in [9.17, 15) is 4.79 Å². The maximum atomic E-state index is 12.7. The summed E-state index contributed by atoms with van der Waals surface area (Å²) >= 11 is 5.26. The summed E-state index contributed by atoms with van der Waals surface area (Å²) < 4.78 is 12.2. The molecule has 1 atom stereocenters. The number of halogens is 1. The first kappa shape index (κ1) is 13.3. The Kier molecular flexibility index (Phi) is 3.52. The third kappa shape index (κ3) is 2.17. The lowest BCUT2D eigenvalue weighted by molar-refractivity contribution is 0.0961. The molecule has 0 N–H and O–H groups in total. The van der Waals surface area contributed by atoms with Crippen molar-refractivity contribution in [3.8, 4) is 11.5 Å². The third-order valence-corrected chi connectivity index (χ3v) is 5.68. The van der Waals surface area contributed by atoms with Crippen molar-refractivity contribution in [2.75, 3.05) is 13.2 Å². The zero-order chi connectivity index (χ0) is 13.6. The Labute approximate surface area is 125 Å². The van der Waals surface area contributed by atoms with Crippen molar-refractivity contribution < 1.29 is 14.3 Å². The van der Waals surface area contributed by atoms with Gasteiger partial charge in [-0.1, -0.05) is 29.8 Å². The lowest BCUT2D eigenvalue weighted by atomic mass is 9.95. The van der Waals surface area contributed by atoms with Gasteiger partial charge in [0.2, 0.25) is 0 Å². The molecule has 0 aliphatic carbocycles. The number of hydrogen-bond donors (Lipinski definition) is 0. The largest absolute Gasteiger partial charge is 0.486 e. The van der Waals surface area contributed by atoms with Gasteiger partial charge in [0.15, 0.2) is 17.3 Å². The summed E-state index contributed by atoms with van der Waals surface area (Å²) in [6.07, 6.45) is 0. The number of ketones is 1. The van der Waals surface area contributed by atoms with Crippen molar-refractivity contribution in [3.05, 3.63) is 21.7 Å². The molecule has 0 saturated heterocycles. The normalized spacial score (nSPS) is 21.5. The van der Waals surface area contributed by atoms with Crippen LogP contribution in [0.4, 0.5) is 0 Å². The van der Waals surface area contributed by atoms with E-state index >= 15 is 0 Å². The maximum Gasteiger partial charge on any atom is 0.180 e. The number of ether oxygens (including phenoxy) is 2. The minimum Gasteiger partial charge on any atom is -0.486 e. The molecule has 0 saturated carbocycles. The first-order chi connectivity index (χ1) is 9.09. The maximum absolute atomic E-state index is 12.7. The second-order valence-corrected chi connectivity index (χ2v) is 7.06. The zero-order valence-electron chi connectivity index (χ0n) is 10.9. The van der Waals surface area contributed by atoms with Gasteiger partial charge in [0, 0.05) is 10.2 Å². The molecule has 19 heavy (non-hydrogen) atoms. The van der Waals surface area contributed by atoms with E-state index in [-0.39, 0.29) is 11.0 Å². The van der Waals surface area contributed by atoms with Crippen LogP contribution in [0.3, 0.4) is 0 Å². The molecule has 0 radical (unpaired) electrons. The average Bonchev–Trinajstić information content (AvgIpc) is 2.38. The van der Waals surface area contributed by atoms with E-state index in [2.05, 4.69) is 29.8 Å². The number of hydrogen-bond acceptors (Lipinski definition) is 4. The minimum atomic E-state index is 0.0106. The topological polar surface area (TPSA) is 35.5 Å². The molecule has 0 spiro atoms. The number of benzene rings is 1. The predicted octanol–water partition coefficient (Wildman–Crippen LogP) is 3.67. The predicted molar refractivity (Wildman–Crippen MR) is 79.4 cm³/mol. The quantitative estimate of drug-likeness (QED) is 0.779. The van der Waals surface area contributed by atoms with Crippen molar-refractivity contribution in [2.45, 2.75) is 24.9 Å². The molecule has 1 aromatic carbocycles. The van der Waals surface area contributed by atoms with Crippen molar-refractivity contribution in [1.82, 2.24) is 0 Å². The molecule has 0 bridgehead atoms. The van der Waals surface area contributed by atoms with Gasteiger partial charge >= 0.3 is 0 Å². The highest BCUT2D eigenvalue weighted by Crippen LogP contribution is 2.46. The Morgan fingerprint density at radius 3 is 2.84 bits per heavy atom. The van der Waals surface area contributed by atoms with Crippen LogP contribution in [0.15, 0.2) is 10.5 Å². The fourth-order valence-electron chi connectivity index (χ4n) is 2.48. The van der Waals surface area contributed by atoms with Crippen molar-refractivity contribution in [2.24, 2.45) is 5.92 Å². The molecule has 1 aromatic rings. The van der Waals surface area contributed by atoms with E-state index in [0.29, 0.717) is 30.6 Å². The van der Waals surface area contributed by atoms with E-state index in [1.807, 2.05) is 6.07 Å². The van der Waals surface area contributed by atoms with Gasteiger partial charge in [0.25, 0.3) is 0 Å². The van der Waals surface area contributed by atoms with Crippen molar-refractivity contribution in [1.29, 1.82) is 0 Å². The van der Waals surface area contributed by atoms with Gasteiger partial charge in [-0.2, -0.15) is 0 Å². The lowest BCUT2D eigenvalue weighted by Crippen LogP contribution is -2.30. The molecule has 2 aliphatic rings. The molecule has 3 rings (SSSR count). The van der Waals surface area contributed by atoms with Crippen LogP contribution in [0.25, 0.3) is 0 Å². The number of rotatable bonds is 1. The average molecular weight is 343 g/mol. The van der Waals surface area contributed by atoms with Crippen LogP contribution in [-0.4, -0.2) is 24.2 Å². The number of carbonyl (C=O) groups is 1. The fourth-order valence-corrected chi connectivity index (χ4v) is 4.51. The second-order valence-electron chi connectivity index (χ2n) is 5.08. The molecular weight excluding hydrogens is 328 g/mol. The van der Waals surface area contributed by atoms with Gasteiger partial charge in [-0.15, -0.1) is 11.8 Å². The molecule has 0 aromatic heterocycles. The first-order valence-electron chi connectivity index (χ1n) is 6.36. The highest BCUT2D eigenvalue weighted by Gasteiger charge is 2.36. The smallest absolute Gasteiger partial charge is 0.180 e. The van der Waals surface area contributed by atoms with E-state index in [1.54, 1.807) is 11.8 Å². The Morgan fingerprint density at radius 1 is 1.37 bits per heavy atom. The number of thioether (sulfide) groups is 1. The van der Waals surface area contributed by atoms with Gasteiger partial charge in [0.05, 0.1) is 10.8 Å². The molecule has 2 aliphatic heterocycles. The summed E-state index contributed by atoms with van der Waals surface area (Å²) in [5.41, 5.74) is 1.76. The van der Waals surface area contributed by atoms with Crippen LogP contribution < -0.4 is 9.47 Å². The summed E-state index contributed by atoms with van der Waals surface area (Å²) in [4.78, 5) is 12.7. The molecule has 0 fully saturated rings. The SMILES string of the molecule is CC(C)C1SCc2c(Br)cc3c(c2C1=O)OCCO3. The van der Waals surface area contributed by atoms with Crippen LogP contribution in [-0.2, 0) is 5.75 Å². The summed E-state index contributed by atoms with van der Waals surface area (Å²) in [7, 11) is 0. The van der Waals surface area contributed by atoms with E-state index in [4.69, 9.17) is 9.47 Å². The summed E-state index contributed by atoms with van der Waals surface area (Å²) in [5.74, 6) is 2.65. The Morgan fingerprint density at radius 2 is 2.11 bits per heavy atom. The standard InChI is InChI=1S/C14H15BrO3S/c1-7(2)14-12(16)11-8(6-19-14)9(15)5-10-13(11)18-4-3-17-10/h5,7,14H,3-4,6H2,1-2H3. The van der Waals surface area contributed by atoms with Gasteiger partial charge in [-0.3, -0.25) is 4.79 Å². The van der Waals surface area contributed by atoms with Crippen LogP contribution in [0.1, 0.15) is 29.8 Å². The first-order valence-corrected chi connectivity index (χ1v) is 8.20. The Bertz CT molecular complexity index is 542. The van der Waals surface area contributed by atoms with Crippen LogP contribution in [0.2, 0.25) is 0 Å². The monoisotopic (exact) mass is 342 g/mol. The number of carbonyl (C=O) groups excluding carboxylic acids is 1. The van der Waals surface area contributed by atoms with Crippen LogP contribution in [0, 0.1) is 5.92 Å². The summed E-state index contributed by atoms with van der Waals surface area (Å²) in [5, 5.41) is 0.0106. The Hall–Kier alpha value is -0.680. The summed E-state index contributed by atoms with van der Waals surface area (Å²) in [6.45, 7) is 5.22. The number of Topliss-reactive ketones (excluding diaryl/α,β-unsaturated/α-hetero) is 1. The fraction of sp³-hybridized carbons (Fsp3) is 0.500. The van der Waals surface area contributed by atoms with Gasteiger partial charge in [-0.25, -0.2) is 0 Å². The zero-order valence-corrected chi connectivity index (χ0v) is 13.3. The highest BCUT2D eigenvalue weighted by molar-refractivity contribution is 9.10. The van der Waals surface area contributed by atoms with Crippen LogP contribution in [0.5, 0.6) is 11.5 Å². The molecule has 5 heteroatoms. The highest BCUT2D eigenvalue weighted by atomic mass is 79.9. The van der Waals surface area contributed by atoms with E-state index < -0.39 is 0 Å². The van der Waals surface area contributed by atoms with Gasteiger partial charge in [-0.05, 0) is 17.5 Å². The molecular formula is C14H15BrO3S. The molecule has 102 valence electrons. The molecule has 1 unspecified atom stereocenters.